The van der Waals surface area contributed by atoms with Crippen LogP contribution in [0.25, 0.3) is 0 Å². The Hall–Kier alpha value is -2.03. The molecule has 0 saturated heterocycles. The van der Waals surface area contributed by atoms with Crippen molar-refractivity contribution in [1.29, 1.82) is 0 Å². The molecule has 0 aliphatic heterocycles. The molecule has 1 N–H and O–H groups in total. The van der Waals surface area contributed by atoms with Crippen LogP contribution in [-0.2, 0) is 6.42 Å². The van der Waals surface area contributed by atoms with Gasteiger partial charge in [-0.2, -0.15) is 0 Å². The predicted octanol–water partition coefficient (Wildman–Crippen LogP) is 2.45. The van der Waals surface area contributed by atoms with E-state index >= 15 is 0 Å². The van der Waals surface area contributed by atoms with E-state index in [0.29, 0.717) is 12.1 Å². The lowest BCUT2D eigenvalue weighted by Gasteiger charge is -2.06. The first-order valence-electron chi connectivity index (χ1n) is 5.09. The van der Waals surface area contributed by atoms with Crippen LogP contribution in [0.3, 0.4) is 0 Å². The maximum absolute atomic E-state index is 11.9. The van der Waals surface area contributed by atoms with Crippen molar-refractivity contribution in [1.82, 2.24) is 4.98 Å². The molecule has 0 fully saturated rings. The van der Waals surface area contributed by atoms with Crippen molar-refractivity contribution in [2.75, 3.05) is 7.11 Å². The van der Waals surface area contributed by atoms with Gasteiger partial charge in [0, 0.05) is 18.2 Å². The van der Waals surface area contributed by atoms with Crippen molar-refractivity contribution >= 4 is 5.78 Å². The molecule has 1 aromatic carbocycles. The topological polar surface area (TPSA) is 42.1 Å². The number of hydrogen-bond donors (Lipinski definition) is 1. The standard InChI is InChI=1S/C13H13NO2/c1-16-13-7-3-2-5-10(13)9-12(15)11-6-4-8-14-11/h2-8,14H,9H2,1H3. The number of hydrogen-bond acceptors (Lipinski definition) is 2. The van der Waals surface area contributed by atoms with Crippen LogP contribution in [0.15, 0.2) is 42.6 Å². The van der Waals surface area contributed by atoms with Gasteiger partial charge < -0.3 is 9.72 Å². The lowest BCUT2D eigenvalue weighted by atomic mass is 10.1. The molecule has 0 aliphatic carbocycles. The Morgan fingerprint density at radius 1 is 1.25 bits per heavy atom. The number of carbonyl (C=O) groups is 1. The quantitative estimate of drug-likeness (QED) is 0.796. The Morgan fingerprint density at radius 2 is 2.06 bits per heavy atom. The van der Waals surface area contributed by atoms with Crippen LogP contribution >= 0.6 is 0 Å². The average molecular weight is 215 g/mol. The number of methoxy groups -OCH3 is 1. The number of carbonyl (C=O) groups excluding carboxylic acids is 1. The Bertz CT molecular complexity index is 474. The van der Waals surface area contributed by atoms with E-state index in [0.717, 1.165) is 11.3 Å². The van der Waals surface area contributed by atoms with E-state index in [9.17, 15) is 4.79 Å². The fraction of sp³-hybridized carbons (Fsp3) is 0.154. The number of rotatable bonds is 4. The molecule has 3 heteroatoms. The molecule has 2 aromatic rings. The molecule has 82 valence electrons. The Kier molecular flexibility index (Phi) is 3.05. The molecule has 2 rings (SSSR count). The molecular weight excluding hydrogens is 202 g/mol. The van der Waals surface area contributed by atoms with Gasteiger partial charge in [0.05, 0.1) is 12.8 Å². The number of nitrogens with one attached hydrogen (secondary N) is 1. The molecule has 0 bridgehead atoms. The highest BCUT2D eigenvalue weighted by Crippen LogP contribution is 2.18. The van der Waals surface area contributed by atoms with Gasteiger partial charge >= 0.3 is 0 Å². The summed E-state index contributed by atoms with van der Waals surface area (Å²) in [4.78, 5) is 14.8. The first-order chi connectivity index (χ1) is 7.81. The van der Waals surface area contributed by atoms with Crippen LogP contribution in [0.1, 0.15) is 16.1 Å². The summed E-state index contributed by atoms with van der Waals surface area (Å²) >= 11 is 0. The molecule has 0 saturated carbocycles. The number of ketones is 1. The van der Waals surface area contributed by atoms with Gasteiger partial charge in [-0.15, -0.1) is 0 Å². The van der Waals surface area contributed by atoms with E-state index in [1.807, 2.05) is 30.3 Å². The summed E-state index contributed by atoms with van der Waals surface area (Å²) in [5.41, 5.74) is 1.54. The smallest absolute Gasteiger partial charge is 0.183 e. The summed E-state index contributed by atoms with van der Waals surface area (Å²) in [5, 5.41) is 0. The Balaban J connectivity index is 2.18. The van der Waals surface area contributed by atoms with Crippen molar-refractivity contribution in [3.63, 3.8) is 0 Å². The zero-order chi connectivity index (χ0) is 11.4. The normalized spacial score (nSPS) is 10.1. The van der Waals surface area contributed by atoms with Crippen molar-refractivity contribution < 1.29 is 9.53 Å². The molecule has 1 heterocycles. The number of para-hydroxylation sites is 1. The Labute approximate surface area is 94.1 Å². The minimum absolute atomic E-state index is 0.0644. The number of Topliss-reactive ketones (excluding diaryl/α,β-unsaturated/α-hetero) is 1. The van der Waals surface area contributed by atoms with Crippen LogP contribution in [0, 0.1) is 0 Å². The largest absolute Gasteiger partial charge is 0.496 e. The van der Waals surface area contributed by atoms with Gasteiger partial charge in [-0.25, -0.2) is 0 Å². The zero-order valence-corrected chi connectivity index (χ0v) is 9.07. The number of H-pyrrole nitrogens is 1. The summed E-state index contributed by atoms with van der Waals surface area (Å²) in [6.07, 6.45) is 2.10. The van der Waals surface area contributed by atoms with Crippen LogP contribution < -0.4 is 4.74 Å². The number of ether oxygens (including phenoxy) is 1. The number of aromatic nitrogens is 1. The molecule has 1 aromatic heterocycles. The van der Waals surface area contributed by atoms with E-state index in [-0.39, 0.29) is 5.78 Å². The molecule has 0 aliphatic rings. The maximum Gasteiger partial charge on any atom is 0.183 e. The van der Waals surface area contributed by atoms with E-state index in [4.69, 9.17) is 4.74 Å². The summed E-state index contributed by atoms with van der Waals surface area (Å²) in [7, 11) is 1.61. The highest BCUT2D eigenvalue weighted by molar-refractivity contribution is 5.96. The molecule has 0 radical (unpaired) electrons. The number of aromatic amines is 1. The van der Waals surface area contributed by atoms with E-state index in [1.54, 1.807) is 19.4 Å². The van der Waals surface area contributed by atoms with Crippen LogP contribution in [-0.4, -0.2) is 17.9 Å². The van der Waals surface area contributed by atoms with Gasteiger partial charge in [0.1, 0.15) is 5.75 Å². The van der Waals surface area contributed by atoms with Gasteiger partial charge in [-0.05, 0) is 18.2 Å². The molecule has 0 unspecified atom stereocenters. The van der Waals surface area contributed by atoms with Crippen LogP contribution in [0.4, 0.5) is 0 Å². The molecule has 16 heavy (non-hydrogen) atoms. The fourth-order valence-electron chi connectivity index (χ4n) is 1.62. The Morgan fingerprint density at radius 3 is 2.75 bits per heavy atom. The monoisotopic (exact) mass is 215 g/mol. The second kappa shape index (κ2) is 4.66. The summed E-state index contributed by atoms with van der Waals surface area (Å²) in [6.45, 7) is 0. The summed E-state index contributed by atoms with van der Waals surface area (Å²) in [6, 6.07) is 11.1. The lowest BCUT2D eigenvalue weighted by Crippen LogP contribution is -2.05. The van der Waals surface area contributed by atoms with Crippen molar-refractivity contribution in [2.45, 2.75) is 6.42 Å². The minimum Gasteiger partial charge on any atom is -0.496 e. The molecule has 3 nitrogen and oxygen atoms in total. The van der Waals surface area contributed by atoms with Crippen molar-refractivity contribution in [3.8, 4) is 5.75 Å². The lowest BCUT2D eigenvalue weighted by molar-refractivity contribution is 0.0988. The first-order valence-corrected chi connectivity index (χ1v) is 5.09. The minimum atomic E-state index is 0.0644. The van der Waals surface area contributed by atoms with Gasteiger partial charge in [0.25, 0.3) is 0 Å². The van der Waals surface area contributed by atoms with Gasteiger partial charge in [0.2, 0.25) is 0 Å². The second-order valence-corrected chi connectivity index (χ2v) is 3.50. The van der Waals surface area contributed by atoms with Crippen molar-refractivity contribution in [2.24, 2.45) is 0 Å². The second-order valence-electron chi connectivity index (χ2n) is 3.50. The van der Waals surface area contributed by atoms with Gasteiger partial charge in [-0.3, -0.25) is 4.79 Å². The molecule has 0 amide bonds. The third-order valence-electron chi connectivity index (χ3n) is 2.44. The molecule has 0 atom stereocenters. The van der Waals surface area contributed by atoms with Gasteiger partial charge in [-0.1, -0.05) is 18.2 Å². The molecule has 0 spiro atoms. The third-order valence-corrected chi connectivity index (χ3v) is 2.44. The SMILES string of the molecule is COc1ccccc1CC(=O)c1ccc[nH]1. The number of benzene rings is 1. The fourth-order valence-corrected chi connectivity index (χ4v) is 1.62. The third kappa shape index (κ3) is 2.14. The van der Waals surface area contributed by atoms with Gasteiger partial charge in [0.15, 0.2) is 5.78 Å². The zero-order valence-electron chi connectivity index (χ0n) is 9.07. The van der Waals surface area contributed by atoms with Crippen LogP contribution in [0.2, 0.25) is 0 Å². The molecular formula is C13H13NO2. The predicted molar refractivity (Wildman–Crippen MR) is 61.8 cm³/mol. The van der Waals surface area contributed by atoms with E-state index in [2.05, 4.69) is 4.98 Å². The first kappa shape index (κ1) is 10.5. The summed E-state index contributed by atoms with van der Waals surface area (Å²) < 4.78 is 5.20. The van der Waals surface area contributed by atoms with Crippen molar-refractivity contribution in [3.05, 3.63) is 53.9 Å². The van der Waals surface area contributed by atoms with Crippen LogP contribution in [0.5, 0.6) is 5.75 Å². The summed E-state index contributed by atoms with van der Waals surface area (Å²) in [5.74, 6) is 0.817. The van der Waals surface area contributed by atoms with E-state index < -0.39 is 0 Å². The highest BCUT2D eigenvalue weighted by atomic mass is 16.5. The van der Waals surface area contributed by atoms with E-state index in [1.165, 1.54) is 0 Å². The average Bonchev–Trinajstić information content (AvgIpc) is 2.83. The highest BCUT2D eigenvalue weighted by Gasteiger charge is 2.10. The maximum atomic E-state index is 11.9.